The number of hydrogen-bond acceptors (Lipinski definition) is 3. The molecule has 0 aromatic heterocycles. The number of carbonyl (C=O) groups excluding carboxylic acids is 1. The van der Waals surface area contributed by atoms with Crippen LogP contribution in [-0.2, 0) is 15.8 Å². The summed E-state index contributed by atoms with van der Waals surface area (Å²) in [6, 6.07) is 7.38. The van der Waals surface area contributed by atoms with Crippen LogP contribution in [0, 0.1) is 11.8 Å². The first-order valence-corrected chi connectivity index (χ1v) is 11.5. The van der Waals surface area contributed by atoms with Gasteiger partial charge in [0.25, 0.3) is 5.91 Å². The summed E-state index contributed by atoms with van der Waals surface area (Å²) >= 11 is 0. The third kappa shape index (κ3) is 3.81. The molecule has 1 aliphatic heterocycles. The summed E-state index contributed by atoms with van der Waals surface area (Å²) in [5, 5.41) is 3.18. The first-order valence-electron chi connectivity index (χ1n) is 9.89. The van der Waals surface area contributed by atoms with Crippen molar-refractivity contribution in [3.63, 3.8) is 0 Å². The van der Waals surface area contributed by atoms with E-state index in [2.05, 4.69) is 5.32 Å². The summed E-state index contributed by atoms with van der Waals surface area (Å²) in [6.07, 6.45) is 7.93. The summed E-state index contributed by atoms with van der Waals surface area (Å²) in [6.45, 7) is 1.26. The Labute approximate surface area is 156 Å². The van der Waals surface area contributed by atoms with Crippen molar-refractivity contribution in [2.75, 3.05) is 13.1 Å². The number of rotatable bonds is 5. The fourth-order valence-electron chi connectivity index (χ4n) is 4.87. The first-order chi connectivity index (χ1) is 12.5. The Morgan fingerprint density at radius 1 is 1.04 bits per heavy atom. The predicted molar refractivity (Wildman–Crippen MR) is 101 cm³/mol. The van der Waals surface area contributed by atoms with Crippen molar-refractivity contribution < 1.29 is 13.2 Å². The molecule has 1 aromatic carbocycles. The zero-order chi connectivity index (χ0) is 18.1. The molecule has 1 saturated heterocycles. The molecule has 6 heteroatoms. The molecule has 2 bridgehead atoms. The van der Waals surface area contributed by atoms with E-state index < -0.39 is 10.0 Å². The van der Waals surface area contributed by atoms with Crippen molar-refractivity contribution in [3.8, 4) is 0 Å². The van der Waals surface area contributed by atoms with Crippen molar-refractivity contribution >= 4 is 15.9 Å². The molecule has 3 fully saturated rings. The van der Waals surface area contributed by atoms with Crippen molar-refractivity contribution in [1.82, 2.24) is 9.62 Å². The van der Waals surface area contributed by atoms with E-state index in [1.165, 1.54) is 19.3 Å². The summed E-state index contributed by atoms with van der Waals surface area (Å²) in [5.41, 5.74) is 1.36. The van der Waals surface area contributed by atoms with Gasteiger partial charge in [-0.15, -0.1) is 0 Å². The Bertz CT molecular complexity index is 754. The summed E-state index contributed by atoms with van der Waals surface area (Å²) < 4.78 is 26.7. The second-order valence-electron chi connectivity index (χ2n) is 8.17. The Balaban J connectivity index is 1.36. The number of fused-ring (bicyclic) bond motifs is 2. The number of amides is 1. The lowest BCUT2D eigenvalue weighted by atomic mass is 9.95. The summed E-state index contributed by atoms with van der Waals surface area (Å²) in [7, 11) is -3.26. The smallest absolute Gasteiger partial charge is 0.251 e. The van der Waals surface area contributed by atoms with Gasteiger partial charge in [0.2, 0.25) is 10.0 Å². The number of benzene rings is 1. The molecule has 3 aliphatic rings. The molecule has 4 rings (SSSR count). The molecular weight excluding hydrogens is 348 g/mol. The number of nitrogens with zero attached hydrogens (tertiary/aromatic N) is 1. The quantitative estimate of drug-likeness (QED) is 0.859. The van der Waals surface area contributed by atoms with Gasteiger partial charge in [0, 0.05) is 24.7 Å². The molecule has 0 radical (unpaired) electrons. The highest BCUT2D eigenvalue weighted by atomic mass is 32.2. The lowest BCUT2D eigenvalue weighted by molar-refractivity contribution is 0.0923. The fraction of sp³-hybridized carbons (Fsp3) is 0.650. The third-order valence-corrected chi connectivity index (χ3v) is 8.18. The molecule has 3 atom stereocenters. The molecule has 26 heavy (non-hydrogen) atoms. The number of nitrogens with one attached hydrogen (secondary N) is 1. The monoisotopic (exact) mass is 376 g/mol. The Morgan fingerprint density at radius 2 is 1.77 bits per heavy atom. The van der Waals surface area contributed by atoms with Crippen LogP contribution in [0.25, 0.3) is 0 Å². The van der Waals surface area contributed by atoms with Gasteiger partial charge in [0.05, 0.1) is 5.75 Å². The zero-order valence-electron chi connectivity index (χ0n) is 15.2. The highest BCUT2D eigenvalue weighted by molar-refractivity contribution is 7.88. The first kappa shape index (κ1) is 18.0. The molecule has 1 N–H and O–H groups in total. The fourth-order valence-corrected chi connectivity index (χ4v) is 6.48. The molecule has 1 aromatic rings. The molecule has 1 heterocycles. The lowest BCUT2D eigenvalue weighted by Gasteiger charge is -2.26. The van der Waals surface area contributed by atoms with E-state index in [1.54, 1.807) is 28.6 Å². The van der Waals surface area contributed by atoms with E-state index in [1.807, 2.05) is 0 Å². The molecule has 3 unspecified atom stereocenters. The third-order valence-electron chi connectivity index (χ3n) is 6.33. The van der Waals surface area contributed by atoms with Crippen LogP contribution in [0.5, 0.6) is 0 Å². The van der Waals surface area contributed by atoms with Crippen molar-refractivity contribution in [3.05, 3.63) is 35.4 Å². The van der Waals surface area contributed by atoms with E-state index in [-0.39, 0.29) is 11.7 Å². The number of carbonyl (C=O) groups is 1. The van der Waals surface area contributed by atoms with E-state index in [0.29, 0.717) is 30.6 Å². The van der Waals surface area contributed by atoms with Crippen LogP contribution in [0.15, 0.2) is 24.3 Å². The Morgan fingerprint density at radius 3 is 2.38 bits per heavy atom. The summed E-state index contributed by atoms with van der Waals surface area (Å²) in [5.74, 6) is 1.43. The molecule has 142 valence electrons. The van der Waals surface area contributed by atoms with Gasteiger partial charge in [0.15, 0.2) is 0 Å². The normalized spacial score (nSPS) is 29.0. The van der Waals surface area contributed by atoms with Crippen LogP contribution in [0.4, 0.5) is 0 Å². The molecule has 2 saturated carbocycles. The van der Waals surface area contributed by atoms with Crippen molar-refractivity contribution in [1.29, 1.82) is 0 Å². The van der Waals surface area contributed by atoms with Crippen LogP contribution in [0.3, 0.4) is 0 Å². The van der Waals surface area contributed by atoms with Crippen LogP contribution in [-0.4, -0.2) is 37.8 Å². The SMILES string of the molecule is O=C(NC1CC2CCC1C2)c1ccc(CS(=O)(=O)N2CCCCC2)cc1. The molecule has 5 nitrogen and oxygen atoms in total. The predicted octanol–water partition coefficient (Wildman–Crippen LogP) is 2.92. The van der Waals surface area contributed by atoms with E-state index in [9.17, 15) is 13.2 Å². The van der Waals surface area contributed by atoms with Gasteiger partial charge in [-0.2, -0.15) is 0 Å². The van der Waals surface area contributed by atoms with Crippen LogP contribution < -0.4 is 5.32 Å². The minimum absolute atomic E-state index is 0.0152. The minimum atomic E-state index is -3.26. The van der Waals surface area contributed by atoms with E-state index in [4.69, 9.17) is 0 Å². The number of hydrogen-bond donors (Lipinski definition) is 1. The van der Waals surface area contributed by atoms with Gasteiger partial charge in [-0.25, -0.2) is 12.7 Å². The van der Waals surface area contributed by atoms with Crippen molar-refractivity contribution in [2.45, 2.75) is 56.7 Å². The van der Waals surface area contributed by atoms with Gasteiger partial charge in [-0.05, 0) is 61.6 Å². The Hall–Kier alpha value is -1.40. The topological polar surface area (TPSA) is 66.5 Å². The number of sulfonamides is 1. The van der Waals surface area contributed by atoms with Gasteiger partial charge >= 0.3 is 0 Å². The minimum Gasteiger partial charge on any atom is -0.349 e. The van der Waals surface area contributed by atoms with Gasteiger partial charge in [-0.1, -0.05) is 25.0 Å². The lowest BCUT2D eigenvalue weighted by Crippen LogP contribution is -2.38. The summed E-state index contributed by atoms with van der Waals surface area (Å²) in [4.78, 5) is 12.5. The maximum absolute atomic E-state index is 12.5. The van der Waals surface area contributed by atoms with Crippen LogP contribution >= 0.6 is 0 Å². The molecule has 1 amide bonds. The largest absolute Gasteiger partial charge is 0.349 e. The van der Waals surface area contributed by atoms with Crippen LogP contribution in [0.1, 0.15) is 60.9 Å². The average Bonchev–Trinajstić information content (AvgIpc) is 3.26. The van der Waals surface area contributed by atoms with Crippen molar-refractivity contribution in [2.24, 2.45) is 11.8 Å². The maximum atomic E-state index is 12.5. The second kappa shape index (κ2) is 7.31. The molecule has 2 aliphatic carbocycles. The molecular formula is C20H28N2O3S. The second-order valence-corrected chi connectivity index (χ2v) is 10.1. The average molecular weight is 377 g/mol. The van der Waals surface area contributed by atoms with Gasteiger partial charge < -0.3 is 5.32 Å². The van der Waals surface area contributed by atoms with Gasteiger partial charge in [0.1, 0.15) is 0 Å². The zero-order valence-corrected chi connectivity index (χ0v) is 16.0. The van der Waals surface area contributed by atoms with E-state index in [0.717, 1.165) is 37.2 Å². The van der Waals surface area contributed by atoms with Gasteiger partial charge in [-0.3, -0.25) is 4.79 Å². The maximum Gasteiger partial charge on any atom is 0.251 e. The standard InChI is InChI=1S/C20H28N2O3S/c23-20(21-19-13-16-6-9-18(19)12-16)17-7-4-15(5-8-17)14-26(24,25)22-10-2-1-3-11-22/h4-5,7-8,16,18-19H,1-3,6,9-14H2,(H,21,23). The Kier molecular flexibility index (Phi) is 5.06. The highest BCUT2D eigenvalue weighted by Crippen LogP contribution is 2.44. The van der Waals surface area contributed by atoms with Crippen LogP contribution in [0.2, 0.25) is 0 Å². The molecule has 0 spiro atoms. The highest BCUT2D eigenvalue weighted by Gasteiger charge is 2.40. The number of piperidine rings is 1. The van der Waals surface area contributed by atoms with E-state index >= 15 is 0 Å².